The number of nitrogens with zero attached hydrogens (tertiary/aromatic N) is 3. The van der Waals surface area contributed by atoms with Crippen LogP contribution in [0.5, 0.6) is 0 Å². The minimum atomic E-state index is 0.333. The molecule has 0 radical (unpaired) electrons. The van der Waals surface area contributed by atoms with Gasteiger partial charge in [0.05, 0.1) is 38.6 Å². The van der Waals surface area contributed by atoms with Gasteiger partial charge < -0.3 is 4.40 Å². The molecule has 13 rings (SSSR count). The van der Waals surface area contributed by atoms with Gasteiger partial charge in [0.15, 0.2) is 0 Å². The molecular formula is C52H31N5. The maximum atomic E-state index is 10.2. The zero-order valence-corrected chi connectivity index (χ0v) is 30.6. The van der Waals surface area contributed by atoms with Gasteiger partial charge in [-0.15, -0.1) is 0 Å². The number of para-hydroxylation sites is 3. The van der Waals surface area contributed by atoms with Crippen molar-refractivity contribution in [3.05, 3.63) is 187 Å². The van der Waals surface area contributed by atoms with Crippen LogP contribution in [0.2, 0.25) is 0 Å². The van der Waals surface area contributed by atoms with Crippen LogP contribution in [0.3, 0.4) is 0 Å². The Labute approximate surface area is 325 Å². The molecule has 5 nitrogen and oxygen atoms in total. The first kappa shape index (κ1) is 30.6. The first-order valence-electron chi connectivity index (χ1n) is 19.4. The molecule has 0 aliphatic heterocycles. The molecule has 57 heavy (non-hydrogen) atoms. The van der Waals surface area contributed by atoms with E-state index in [1.165, 1.54) is 59.6 Å². The normalized spacial score (nSPS) is 12.4. The van der Waals surface area contributed by atoms with Crippen molar-refractivity contribution in [1.29, 1.82) is 10.8 Å². The van der Waals surface area contributed by atoms with Crippen LogP contribution in [0.4, 0.5) is 0 Å². The summed E-state index contributed by atoms with van der Waals surface area (Å²) in [7, 11) is 0. The molecule has 0 saturated heterocycles. The van der Waals surface area contributed by atoms with E-state index in [1.807, 2.05) is 30.3 Å². The van der Waals surface area contributed by atoms with Gasteiger partial charge >= 0.3 is 0 Å². The summed E-state index contributed by atoms with van der Waals surface area (Å²) in [5.41, 5.74) is 8.88. The lowest BCUT2D eigenvalue weighted by Gasteiger charge is -2.16. The summed E-state index contributed by atoms with van der Waals surface area (Å²) >= 11 is 0. The molecule has 4 aromatic heterocycles. The van der Waals surface area contributed by atoms with E-state index in [0.717, 1.165) is 43.6 Å². The summed E-state index contributed by atoms with van der Waals surface area (Å²) in [4.78, 5) is 0. The Morgan fingerprint density at radius 1 is 0.316 bits per heavy atom. The van der Waals surface area contributed by atoms with E-state index >= 15 is 0 Å². The Bertz CT molecular complexity index is 3910. The zero-order chi connectivity index (χ0) is 37.5. The van der Waals surface area contributed by atoms with E-state index in [1.54, 1.807) is 0 Å². The van der Waals surface area contributed by atoms with Crippen molar-refractivity contribution in [2.45, 2.75) is 0 Å². The summed E-state index contributed by atoms with van der Waals surface area (Å²) in [6.07, 6.45) is 0. The van der Waals surface area contributed by atoms with Crippen molar-refractivity contribution in [3.8, 4) is 0 Å². The largest absolute Gasteiger partial charge is 0.308 e. The Hall–Kier alpha value is -7.76. The highest BCUT2D eigenvalue weighted by Gasteiger charge is 2.27. The van der Waals surface area contributed by atoms with Crippen LogP contribution < -0.4 is 0 Å². The monoisotopic (exact) mass is 725 g/mol. The van der Waals surface area contributed by atoms with E-state index in [9.17, 15) is 10.8 Å². The van der Waals surface area contributed by atoms with E-state index in [0.29, 0.717) is 22.8 Å². The van der Waals surface area contributed by atoms with Crippen LogP contribution in [0.15, 0.2) is 176 Å². The second-order valence-corrected chi connectivity index (χ2v) is 15.2. The van der Waals surface area contributed by atoms with Crippen molar-refractivity contribution in [1.82, 2.24) is 13.5 Å². The molecule has 0 aliphatic rings. The Morgan fingerprint density at radius 2 is 0.842 bits per heavy atom. The predicted molar refractivity (Wildman–Crippen MR) is 239 cm³/mol. The molecule has 0 bridgehead atoms. The second-order valence-electron chi connectivity index (χ2n) is 15.2. The number of fused-ring (bicyclic) bond motifs is 16. The lowest BCUT2D eigenvalue weighted by atomic mass is 10.00. The standard InChI is InChI=1S/C52H31N5/c53-51(56-42-23-11-8-20-37(42)47-33-16-4-3-13-30(33)25-26-44(47)56)35-18-5-6-19-36(35)52(54)57-43-24-12-9-21-38(43)48-46(57)29-39-34-17-7-10-22-41(34)55-45-28-32-15-2-1-14-31(32)27-40(45)49(48)50(39)55/h1-29,53-54H. The smallest absolute Gasteiger partial charge is 0.138 e. The molecule has 0 amide bonds. The molecule has 264 valence electrons. The van der Waals surface area contributed by atoms with E-state index in [-0.39, 0.29) is 0 Å². The molecule has 4 heterocycles. The van der Waals surface area contributed by atoms with Gasteiger partial charge in [0, 0.05) is 54.2 Å². The van der Waals surface area contributed by atoms with Crippen molar-refractivity contribution in [2.75, 3.05) is 0 Å². The molecular weight excluding hydrogens is 695 g/mol. The Kier molecular flexibility index (Phi) is 5.86. The molecule has 0 aliphatic carbocycles. The number of benzene rings is 9. The number of nitrogens with one attached hydrogen (secondary N) is 2. The van der Waals surface area contributed by atoms with Crippen LogP contribution in [0.25, 0.3) is 103 Å². The quantitative estimate of drug-likeness (QED) is 0.132. The minimum Gasteiger partial charge on any atom is -0.308 e. The maximum absolute atomic E-state index is 10.2. The molecule has 9 aromatic carbocycles. The van der Waals surface area contributed by atoms with Crippen LogP contribution in [-0.2, 0) is 0 Å². The van der Waals surface area contributed by atoms with Crippen molar-refractivity contribution < 1.29 is 0 Å². The fourth-order valence-corrected chi connectivity index (χ4v) is 10.1. The summed E-state index contributed by atoms with van der Waals surface area (Å²) in [5.74, 6) is 0.669. The number of rotatable bonds is 2. The average molecular weight is 726 g/mol. The number of aromatic nitrogens is 3. The van der Waals surface area contributed by atoms with Crippen LogP contribution in [0, 0.1) is 10.8 Å². The highest BCUT2D eigenvalue weighted by Crippen LogP contribution is 2.47. The fraction of sp³-hybridized carbons (Fsp3) is 0. The summed E-state index contributed by atoms with van der Waals surface area (Å²) < 4.78 is 6.64. The van der Waals surface area contributed by atoms with Gasteiger partial charge in [0.25, 0.3) is 0 Å². The molecule has 0 unspecified atom stereocenters. The van der Waals surface area contributed by atoms with E-state index in [2.05, 4.69) is 159 Å². The van der Waals surface area contributed by atoms with E-state index in [4.69, 9.17) is 0 Å². The molecule has 5 heteroatoms. The fourth-order valence-electron chi connectivity index (χ4n) is 10.1. The third-order valence-corrected chi connectivity index (χ3v) is 12.4. The van der Waals surface area contributed by atoms with Gasteiger partial charge in [-0.25, -0.2) is 0 Å². The Morgan fingerprint density at radius 3 is 1.54 bits per heavy atom. The van der Waals surface area contributed by atoms with Crippen LogP contribution >= 0.6 is 0 Å². The first-order valence-corrected chi connectivity index (χ1v) is 19.4. The highest BCUT2D eigenvalue weighted by atomic mass is 15.1. The molecule has 0 spiro atoms. The van der Waals surface area contributed by atoms with Crippen LogP contribution in [-0.4, -0.2) is 25.2 Å². The number of hydrogen-bond acceptors (Lipinski definition) is 2. The topological polar surface area (TPSA) is 62.0 Å². The number of hydrogen-bond donors (Lipinski definition) is 2. The Balaban J connectivity index is 1.11. The van der Waals surface area contributed by atoms with Gasteiger partial charge in [-0.3, -0.25) is 20.0 Å². The molecule has 2 N–H and O–H groups in total. The summed E-state index contributed by atoms with van der Waals surface area (Å²) in [6, 6.07) is 61.9. The third kappa shape index (κ3) is 3.87. The average Bonchev–Trinajstić information content (AvgIpc) is 3.99. The van der Waals surface area contributed by atoms with E-state index < -0.39 is 0 Å². The molecule has 13 aromatic rings. The lowest BCUT2D eigenvalue weighted by molar-refractivity contribution is 1.19. The summed E-state index contributed by atoms with van der Waals surface area (Å²) in [6.45, 7) is 0. The SMILES string of the molecule is N=C(c1ccccc1C(=N)n1c2ccccc2c2c3c4cc5ccccc5cc4n4c5ccccc5c(cc21)c34)n1c2ccccc2c2c3ccccc3ccc21. The second kappa shape index (κ2) is 10.9. The molecule has 0 fully saturated rings. The van der Waals surface area contributed by atoms with Gasteiger partial charge in [-0.1, -0.05) is 133 Å². The predicted octanol–water partition coefficient (Wildman–Crippen LogP) is 13.1. The van der Waals surface area contributed by atoms with Crippen LogP contribution in [0.1, 0.15) is 11.1 Å². The van der Waals surface area contributed by atoms with Crippen molar-refractivity contribution in [3.63, 3.8) is 0 Å². The zero-order valence-electron chi connectivity index (χ0n) is 30.6. The summed E-state index contributed by atoms with van der Waals surface area (Å²) in [5, 5.41) is 34.3. The minimum absolute atomic E-state index is 0.333. The van der Waals surface area contributed by atoms with Gasteiger partial charge in [0.1, 0.15) is 11.7 Å². The molecule has 0 saturated carbocycles. The third-order valence-electron chi connectivity index (χ3n) is 12.4. The first-order chi connectivity index (χ1) is 28.2. The molecule has 0 atom stereocenters. The lowest BCUT2D eigenvalue weighted by Crippen LogP contribution is -2.20. The highest BCUT2D eigenvalue weighted by molar-refractivity contribution is 6.37. The van der Waals surface area contributed by atoms with Gasteiger partial charge in [-0.2, -0.15) is 0 Å². The van der Waals surface area contributed by atoms with Crippen molar-refractivity contribution >= 4 is 115 Å². The van der Waals surface area contributed by atoms with Gasteiger partial charge in [-0.05, 0) is 64.0 Å². The van der Waals surface area contributed by atoms with Crippen molar-refractivity contribution in [2.24, 2.45) is 0 Å². The maximum Gasteiger partial charge on any atom is 0.138 e. The van der Waals surface area contributed by atoms with Gasteiger partial charge in [0.2, 0.25) is 0 Å².